The Hall–Kier alpha value is -1.55. The molecular weight excluding hydrogens is 230 g/mol. The molecule has 2 N–H and O–H groups in total. The van der Waals surface area contributed by atoms with Crippen LogP contribution >= 0.6 is 0 Å². The van der Waals surface area contributed by atoms with E-state index in [-0.39, 0.29) is 12.5 Å². The van der Waals surface area contributed by atoms with Crippen LogP contribution in [0.5, 0.6) is 0 Å². The Morgan fingerprint density at radius 2 is 2.33 bits per heavy atom. The van der Waals surface area contributed by atoms with Crippen LogP contribution in [0.4, 0.5) is 0 Å². The molecule has 1 aliphatic rings. The predicted molar refractivity (Wildman–Crippen MR) is 68.5 cm³/mol. The lowest BCUT2D eigenvalue weighted by Gasteiger charge is -2.27. The SMILES string of the molecule is Cc1cc(C(=O)NC[C@]2(O)C=CCCC2)c(C)o1. The molecule has 4 heteroatoms. The number of amides is 1. The van der Waals surface area contributed by atoms with Crippen molar-refractivity contribution in [3.05, 3.63) is 35.3 Å². The zero-order chi connectivity index (χ0) is 13.2. The summed E-state index contributed by atoms with van der Waals surface area (Å²) in [5.74, 6) is 1.13. The van der Waals surface area contributed by atoms with E-state index < -0.39 is 5.60 Å². The van der Waals surface area contributed by atoms with Crippen LogP contribution in [0, 0.1) is 13.8 Å². The molecule has 2 rings (SSSR count). The molecule has 0 saturated heterocycles. The van der Waals surface area contributed by atoms with Crippen molar-refractivity contribution in [1.82, 2.24) is 5.32 Å². The van der Waals surface area contributed by atoms with Gasteiger partial charge >= 0.3 is 0 Å². The van der Waals surface area contributed by atoms with Gasteiger partial charge in [0.1, 0.15) is 11.5 Å². The summed E-state index contributed by atoms with van der Waals surface area (Å²) in [7, 11) is 0. The number of allylic oxidation sites excluding steroid dienone is 1. The van der Waals surface area contributed by atoms with E-state index in [0.717, 1.165) is 12.8 Å². The Balaban J connectivity index is 1.98. The van der Waals surface area contributed by atoms with Crippen molar-refractivity contribution in [3.63, 3.8) is 0 Å². The van der Waals surface area contributed by atoms with Crippen molar-refractivity contribution >= 4 is 5.91 Å². The maximum absolute atomic E-state index is 12.0. The molecule has 0 aliphatic heterocycles. The summed E-state index contributed by atoms with van der Waals surface area (Å²) in [5, 5.41) is 13.0. The van der Waals surface area contributed by atoms with E-state index in [9.17, 15) is 9.90 Å². The van der Waals surface area contributed by atoms with Crippen LogP contribution in [0.15, 0.2) is 22.6 Å². The second-order valence-corrected chi connectivity index (χ2v) is 4.91. The third kappa shape index (κ3) is 2.82. The lowest BCUT2D eigenvalue weighted by atomic mass is 9.91. The molecule has 0 saturated carbocycles. The second kappa shape index (κ2) is 4.98. The minimum Gasteiger partial charge on any atom is -0.466 e. The molecule has 1 aromatic heterocycles. The lowest BCUT2D eigenvalue weighted by Crippen LogP contribution is -2.42. The number of nitrogens with one attached hydrogen (secondary N) is 1. The highest BCUT2D eigenvalue weighted by Crippen LogP contribution is 2.21. The monoisotopic (exact) mass is 249 g/mol. The molecule has 0 unspecified atom stereocenters. The van der Waals surface area contributed by atoms with E-state index in [2.05, 4.69) is 5.32 Å². The van der Waals surface area contributed by atoms with Gasteiger partial charge in [0.05, 0.1) is 17.7 Å². The summed E-state index contributed by atoms with van der Waals surface area (Å²) >= 11 is 0. The maximum atomic E-state index is 12.0. The standard InChI is InChI=1S/C14H19NO3/c1-10-8-12(11(2)18-10)13(16)15-9-14(17)6-4-3-5-7-14/h4,6,8,17H,3,5,7,9H2,1-2H3,(H,15,16)/t14-/m0/s1. The number of carbonyl (C=O) groups excluding carboxylic acids is 1. The molecule has 1 amide bonds. The molecule has 1 atom stereocenters. The van der Waals surface area contributed by atoms with Gasteiger partial charge in [-0.25, -0.2) is 0 Å². The lowest BCUT2D eigenvalue weighted by molar-refractivity contribution is 0.0659. The average Bonchev–Trinajstić information content (AvgIpc) is 2.67. The van der Waals surface area contributed by atoms with Crippen LogP contribution in [-0.4, -0.2) is 23.2 Å². The highest BCUT2D eigenvalue weighted by Gasteiger charge is 2.26. The highest BCUT2D eigenvalue weighted by atomic mass is 16.3. The molecular formula is C14H19NO3. The maximum Gasteiger partial charge on any atom is 0.254 e. The van der Waals surface area contributed by atoms with Crippen LogP contribution in [0.1, 0.15) is 41.1 Å². The van der Waals surface area contributed by atoms with Gasteiger partial charge in [-0.05, 0) is 39.2 Å². The van der Waals surface area contributed by atoms with Crippen molar-refractivity contribution in [3.8, 4) is 0 Å². The first-order chi connectivity index (χ1) is 8.50. The normalized spacial score (nSPS) is 23.1. The van der Waals surface area contributed by atoms with E-state index >= 15 is 0 Å². The average molecular weight is 249 g/mol. The molecule has 0 aromatic carbocycles. The minimum absolute atomic E-state index is 0.197. The van der Waals surface area contributed by atoms with Crippen molar-refractivity contribution in [1.29, 1.82) is 0 Å². The largest absolute Gasteiger partial charge is 0.466 e. The summed E-state index contributed by atoms with van der Waals surface area (Å²) < 4.78 is 5.32. The molecule has 18 heavy (non-hydrogen) atoms. The summed E-state index contributed by atoms with van der Waals surface area (Å²) in [6, 6.07) is 1.71. The number of furan rings is 1. The van der Waals surface area contributed by atoms with E-state index in [1.807, 2.05) is 6.08 Å². The van der Waals surface area contributed by atoms with Gasteiger partial charge in [0, 0.05) is 0 Å². The predicted octanol–water partition coefficient (Wildman–Crippen LogP) is 2.10. The van der Waals surface area contributed by atoms with Gasteiger partial charge in [-0.2, -0.15) is 0 Å². The number of rotatable bonds is 3. The van der Waals surface area contributed by atoms with Gasteiger partial charge in [0.25, 0.3) is 5.91 Å². The van der Waals surface area contributed by atoms with Gasteiger partial charge in [0.2, 0.25) is 0 Å². The van der Waals surface area contributed by atoms with Gasteiger partial charge < -0.3 is 14.8 Å². The molecule has 4 nitrogen and oxygen atoms in total. The van der Waals surface area contributed by atoms with Crippen molar-refractivity contribution in [2.75, 3.05) is 6.54 Å². The van der Waals surface area contributed by atoms with Crippen LogP contribution in [-0.2, 0) is 0 Å². The van der Waals surface area contributed by atoms with Crippen LogP contribution < -0.4 is 5.32 Å². The fourth-order valence-electron chi connectivity index (χ4n) is 2.24. The summed E-state index contributed by atoms with van der Waals surface area (Å²) in [6.45, 7) is 3.81. The second-order valence-electron chi connectivity index (χ2n) is 4.91. The van der Waals surface area contributed by atoms with Crippen LogP contribution in [0.3, 0.4) is 0 Å². The Bertz CT molecular complexity index is 475. The third-order valence-corrected chi connectivity index (χ3v) is 3.25. The Kier molecular flexibility index (Phi) is 3.57. The van der Waals surface area contributed by atoms with Crippen molar-refractivity contribution < 1.29 is 14.3 Å². The highest BCUT2D eigenvalue weighted by molar-refractivity contribution is 5.95. The molecule has 98 valence electrons. The number of hydrogen-bond acceptors (Lipinski definition) is 3. The summed E-state index contributed by atoms with van der Waals surface area (Å²) in [5.41, 5.74) is -0.364. The first kappa shape index (κ1) is 12.9. The molecule has 1 aromatic rings. The zero-order valence-corrected chi connectivity index (χ0v) is 10.8. The van der Waals surface area contributed by atoms with Crippen LogP contribution in [0.25, 0.3) is 0 Å². The number of hydrogen-bond donors (Lipinski definition) is 2. The Morgan fingerprint density at radius 1 is 1.56 bits per heavy atom. The molecule has 0 spiro atoms. The fourth-order valence-corrected chi connectivity index (χ4v) is 2.24. The number of aryl methyl sites for hydroxylation is 2. The molecule has 0 fully saturated rings. The smallest absolute Gasteiger partial charge is 0.254 e. The fraction of sp³-hybridized carbons (Fsp3) is 0.500. The van der Waals surface area contributed by atoms with E-state index in [4.69, 9.17) is 4.42 Å². The van der Waals surface area contributed by atoms with Crippen LogP contribution in [0.2, 0.25) is 0 Å². The molecule has 0 bridgehead atoms. The van der Waals surface area contributed by atoms with E-state index in [1.54, 1.807) is 26.0 Å². The van der Waals surface area contributed by atoms with E-state index in [1.165, 1.54) is 0 Å². The quantitative estimate of drug-likeness (QED) is 0.806. The van der Waals surface area contributed by atoms with Gasteiger partial charge in [-0.15, -0.1) is 0 Å². The topological polar surface area (TPSA) is 62.5 Å². The van der Waals surface area contributed by atoms with Gasteiger partial charge in [-0.3, -0.25) is 4.79 Å². The molecule has 0 radical (unpaired) electrons. The Morgan fingerprint density at radius 3 is 2.89 bits per heavy atom. The summed E-state index contributed by atoms with van der Waals surface area (Å²) in [4.78, 5) is 12.0. The third-order valence-electron chi connectivity index (χ3n) is 3.25. The first-order valence-electron chi connectivity index (χ1n) is 6.25. The zero-order valence-electron chi connectivity index (χ0n) is 10.8. The number of carbonyl (C=O) groups is 1. The van der Waals surface area contributed by atoms with Crippen molar-refractivity contribution in [2.24, 2.45) is 0 Å². The van der Waals surface area contributed by atoms with Crippen molar-refractivity contribution in [2.45, 2.75) is 38.7 Å². The minimum atomic E-state index is -0.902. The number of aliphatic hydroxyl groups is 1. The van der Waals surface area contributed by atoms with Gasteiger partial charge in [-0.1, -0.05) is 12.2 Å². The first-order valence-corrected chi connectivity index (χ1v) is 6.25. The Labute approximate surface area is 107 Å². The molecule has 1 aliphatic carbocycles. The summed E-state index contributed by atoms with van der Waals surface area (Å²) in [6.07, 6.45) is 6.38. The van der Waals surface area contributed by atoms with Gasteiger partial charge in [0.15, 0.2) is 0 Å². The van der Waals surface area contributed by atoms with E-state index in [0.29, 0.717) is 23.5 Å². The molecule has 1 heterocycles.